The van der Waals surface area contributed by atoms with Gasteiger partial charge in [0.1, 0.15) is 18.1 Å². The summed E-state index contributed by atoms with van der Waals surface area (Å²) in [5.74, 6) is -4.06. The average Bonchev–Trinajstić information content (AvgIpc) is 3.28. The lowest BCUT2D eigenvalue weighted by atomic mass is 10.1. The molecule has 0 aromatic carbocycles. The van der Waals surface area contributed by atoms with E-state index in [0.717, 1.165) is 6.42 Å². The predicted molar refractivity (Wildman–Crippen MR) is 117 cm³/mol. The Morgan fingerprint density at radius 1 is 1.03 bits per heavy atom. The Balaban J connectivity index is 2.86. The van der Waals surface area contributed by atoms with Gasteiger partial charge in [0, 0.05) is 6.42 Å². The molecule has 0 saturated carbocycles. The molecule has 188 valence electrons. The molecule has 0 radical (unpaired) electrons. The average molecular weight is 473 g/mol. The largest absolute Gasteiger partial charge is 0.480 e. The smallest absolute Gasteiger partial charge is 0.326 e. The summed E-state index contributed by atoms with van der Waals surface area (Å²) in [5, 5.41) is 29.6. The fourth-order valence-electron chi connectivity index (χ4n) is 3.41. The van der Waals surface area contributed by atoms with Crippen molar-refractivity contribution in [1.82, 2.24) is 21.3 Å². The van der Waals surface area contributed by atoms with E-state index in [4.69, 9.17) is 11.5 Å². The van der Waals surface area contributed by atoms with Gasteiger partial charge in [0.05, 0.1) is 12.1 Å². The minimum Gasteiger partial charge on any atom is -0.480 e. The van der Waals surface area contributed by atoms with Crippen LogP contribution < -0.4 is 32.7 Å². The van der Waals surface area contributed by atoms with Crippen LogP contribution in [0.5, 0.6) is 0 Å². The van der Waals surface area contributed by atoms with E-state index >= 15 is 0 Å². The van der Waals surface area contributed by atoms with Crippen LogP contribution in [0, 0.1) is 0 Å². The Morgan fingerprint density at radius 2 is 1.73 bits per heavy atom. The number of aliphatic hydroxyl groups is 1. The summed E-state index contributed by atoms with van der Waals surface area (Å²) in [6, 6.07) is -4.36. The number of nitrogens with two attached hydrogens (primary N) is 2. The van der Waals surface area contributed by atoms with E-state index in [1.165, 1.54) is 6.92 Å². The Morgan fingerprint density at radius 3 is 2.24 bits per heavy atom. The summed E-state index contributed by atoms with van der Waals surface area (Å²) >= 11 is 0. The number of carbonyl (C=O) groups excluding carboxylic acids is 4. The van der Waals surface area contributed by atoms with Crippen LogP contribution in [0.3, 0.4) is 0 Å². The second kappa shape index (κ2) is 14.4. The number of carboxylic acid groups (broad SMARTS) is 1. The standard InChI is InChI=1S/C20H36N6O7/c1-11(27)16(19(31)25-14(20(32)33)5-2-3-9-21)26-18(30)13(7-8-15(22)28)24-17(29)12-6-4-10-23-12/h11-14,16,23,27H,2-10,21H2,1H3,(H2,22,28)(H,24,29)(H,25,31)(H,26,30)(H,32,33). The van der Waals surface area contributed by atoms with Crippen LogP contribution >= 0.6 is 0 Å². The minimum atomic E-state index is -1.48. The molecule has 13 heteroatoms. The molecule has 0 aromatic rings. The van der Waals surface area contributed by atoms with Gasteiger partial charge in [-0.15, -0.1) is 0 Å². The van der Waals surface area contributed by atoms with E-state index in [1.54, 1.807) is 0 Å². The number of aliphatic hydroxyl groups excluding tert-OH is 1. The van der Waals surface area contributed by atoms with E-state index < -0.39 is 59.9 Å². The number of primary amides is 1. The second-order valence-electron chi connectivity index (χ2n) is 8.13. The lowest BCUT2D eigenvalue weighted by Crippen LogP contribution is -2.59. The van der Waals surface area contributed by atoms with Crippen molar-refractivity contribution in [2.24, 2.45) is 11.5 Å². The van der Waals surface area contributed by atoms with Crippen LogP contribution in [0.1, 0.15) is 51.9 Å². The topological polar surface area (TPSA) is 226 Å². The number of unbranched alkanes of at least 4 members (excludes halogenated alkanes) is 1. The van der Waals surface area contributed by atoms with Crippen molar-refractivity contribution in [2.45, 2.75) is 82.1 Å². The maximum absolute atomic E-state index is 12.8. The predicted octanol–water partition coefficient (Wildman–Crippen LogP) is -2.95. The molecule has 1 aliphatic rings. The van der Waals surface area contributed by atoms with Crippen LogP contribution in [0.4, 0.5) is 0 Å². The van der Waals surface area contributed by atoms with Gasteiger partial charge in [0.2, 0.25) is 23.6 Å². The van der Waals surface area contributed by atoms with Crippen LogP contribution in [0.2, 0.25) is 0 Å². The van der Waals surface area contributed by atoms with Gasteiger partial charge in [0.15, 0.2) is 0 Å². The van der Waals surface area contributed by atoms with Gasteiger partial charge in [-0.2, -0.15) is 0 Å². The lowest BCUT2D eigenvalue weighted by molar-refractivity contribution is -0.143. The SMILES string of the molecule is CC(O)C(NC(=O)C(CCC(N)=O)NC(=O)C1CCCN1)C(=O)NC(CCCCN)C(=O)O. The van der Waals surface area contributed by atoms with Crippen molar-refractivity contribution < 1.29 is 34.2 Å². The molecule has 1 rings (SSSR count). The van der Waals surface area contributed by atoms with E-state index in [9.17, 15) is 34.2 Å². The van der Waals surface area contributed by atoms with Crippen molar-refractivity contribution in [3.8, 4) is 0 Å². The molecule has 5 unspecified atom stereocenters. The lowest BCUT2D eigenvalue weighted by Gasteiger charge is -2.26. The number of nitrogens with one attached hydrogen (secondary N) is 4. The van der Waals surface area contributed by atoms with Crippen LogP contribution in [-0.4, -0.2) is 83.2 Å². The van der Waals surface area contributed by atoms with Crippen molar-refractivity contribution in [3.05, 3.63) is 0 Å². The zero-order chi connectivity index (χ0) is 25.0. The fraction of sp³-hybridized carbons (Fsp3) is 0.750. The first kappa shape index (κ1) is 28.3. The number of hydrogen-bond donors (Lipinski definition) is 8. The van der Waals surface area contributed by atoms with Crippen molar-refractivity contribution >= 4 is 29.6 Å². The molecule has 1 saturated heterocycles. The third-order valence-corrected chi connectivity index (χ3v) is 5.31. The molecular weight excluding hydrogens is 436 g/mol. The highest BCUT2D eigenvalue weighted by Gasteiger charge is 2.33. The van der Waals surface area contributed by atoms with Crippen molar-refractivity contribution in [3.63, 3.8) is 0 Å². The Labute approximate surface area is 192 Å². The number of hydrogen-bond acceptors (Lipinski definition) is 8. The Kier molecular flexibility index (Phi) is 12.3. The number of amides is 4. The zero-order valence-corrected chi connectivity index (χ0v) is 18.8. The van der Waals surface area contributed by atoms with Crippen LogP contribution in [-0.2, 0) is 24.0 Å². The highest BCUT2D eigenvalue weighted by molar-refractivity contribution is 5.94. The summed E-state index contributed by atoms with van der Waals surface area (Å²) in [4.78, 5) is 60.6. The normalized spacial score (nSPS) is 19.1. The van der Waals surface area contributed by atoms with Gasteiger partial charge in [0.25, 0.3) is 0 Å². The molecule has 0 spiro atoms. The van der Waals surface area contributed by atoms with E-state index in [1.807, 2.05) is 0 Å². The molecule has 0 bridgehead atoms. The number of rotatable bonds is 15. The molecule has 1 aliphatic heterocycles. The summed E-state index contributed by atoms with van der Waals surface area (Å²) in [5.41, 5.74) is 10.6. The monoisotopic (exact) mass is 472 g/mol. The highest BCUT2D eigenvalue weighted by Crippen LogP contribution is 2.08. The molecule has 1 fully saturated rings. The molecule has 4 amide bonds. The van der Waals surface area contributed by atoms with E-state index in [2.05, 4.69) is 21.3 Å². The summed E-state index contributed by atoms with van der Waals surface area (Å²) in [7, 11) is 0. The van der Waals surface area contributed by atoms with Gasteiger partial charge in [-0.25, -0.2) is 4.79 Å². The molecular formula is C20H36N6O7. The van der Waals surface area contributed by atoms with Gasteiger partial charge < -0.3 is 42.9 Å². The Hall–Kier alpha value is -2.77. The number of carbonyl (C=O) groups is 5. The molecule has 0 aromatic heterocycles. The highest BCUT2D eigenvalue weighted by atomic mass is 16.4. The maximum Gasteiger partial charge on any atom is 0.326 e. The molecule has 13 nitrogen and oxygen atoms in total. The first-order chi connectivity index (χ1) is 15.6. The third-order valence-electron chi connectivity index (χ3n) is 5.31. The fourth-order valence-corrected chi connectivity index (χ4v) is 3.41. The number of aliphatic carboxylic acids is 1. The third kappa shape index (κ3) is 10.1. The maximum atomic E-state index is 12.8. The first-order valence-electron chi connectivity index (χ1n) is 11.1. The van der Waals surface area contributed by atoms with Gasteiger partial charge >= 0.3 is 5.97 Å². The van der Waals surface area contributed by atoms with E-state index in [-0.39, 0.29) is 19.3 Å². The van der Waals surface area contributed by atoms with Crippen LogP contribution in [0.15, 0.2) is 0 Å². The van der Waals surface area contributed by atoms with Gasteiger partial charge in [-0.1, -0.05) is 0 Å². The van der Waals surface area contributed by atoms with E-state index in [0.29, 0.717) is 32.4 Å². The summed E-state index contributed by atoms with van der Waals surface area (Å²) in [6.07, 6.45) is 0.908. The minimum absolute atomic E-state index is 0.107. The van der Waals surface area contributed by atoms with Gasteiger partial charge in [-0.05, 0) is 58.5 Å². The molecule has 5 atom stereocenters. The quantitative estimate of drug-likeness (QED) is 0.114. The molecule has 10 N–H and O–H groups in total. The first-order valence-corrected chi connectivity index (χ1v) is 11.1. The molecule has 33 heavy (non-hydrogen) atoms. The van der Waals surface area contributed by atoms with Gasteiger partial charge in [-0.3, -0.25) is 19.2 Å². The molecule has 1 heterocycles. The Bertz CT molecular complexity index is 696. The number of carboxylic acids is 1. The van der Waals surface area contributed by atoms with Crippen molar-refractivity contribution in [2.75, 3.05) is 13.1 Å². The molecule has 0 aliphatic carbocycles. The van der Waals surface area contributed by atoms with Crippen LogP contribution in [0.25, 0.3) is 0 Å². The summed E-state index contributed by atoms with van der Waals surface area (Å²) in [6.45, 7) is 2.30. The summed E-state index contributed by atoms with van der Waals surface area (Å²) < 4.78 is 0. The zero-order valence-electron chi connectivity index (χ0n) is 18.8. The second-order valence-corrected chi connectivity index (χ2v) is 8.13. The van der Waals surface area contributed by atoms with Crippen molar-refractivity contribution in [1.29, 1.82) is 0 Å².